The highest BCUT2D eigenvalue weighted by molar-refractivity contribution is 14.1. The normalized spacial score (nSPS) is 10.4. The zero-order valence-corrected chi connectivity index (χ0v) is 13.9. The summed E-state index contributed by atoms with van der Waals surface area (Å²) in [5.74, 6) is 0.913. The number of benzene rings is 1. The van der Waals surface area contributed by atoms with Crippen LogP contribution in [0.25, 0.3) is 0 Å². The molecule has 2 rings (SSSR count). The lowest BCUT2D eigenvalue weighted by Crippen LogP contribution is -2.25. The molecule has 0 saturated heterocycles. The van der Waals surface area contributed by atoms with Crippen molar-refractivity contribution < 1.29 is 4.79 Å². The summed E-state index contributed by atoms with van der Waals surface area (Å²) in [6, 6.07) is 5.68. The highest BCUT2D eigenvalue weighted by atomic mass is 127. The minimum Gasteiger partial charge on any atom is -0.352 e. The number of H-pyrrole nitrogens is 1. The first-order valence-corrected chi connectivity index (χ1v) is 7.75. The molecule has 1 heterocycles. The summed E-state index contributed by atoms with van der Waals surface area (Å²) in [7, 11) is 0. The number of nitrogens with one attached hydrogen (secondary N) is 2. The smallest absolute Gasteiger partial charge is 0.252 e. The van der Waals surface area contributed by atoms with Crippen LogP contribution in [0.4, 0.5) is 0 Å². The van der Waals surface area contributed by atoms with Gasteiger partial charge in [0.05, 0.1) is 5.56 Å². The number of hydrogen-bond acceptors (Lipinski definition) is 2. The average Bonchev–Trinajstić information content (AvgIpc) is 2.90. The van der Waals surface area contributed by atoms with Crippen molar-refractivity contribution in [2.45, 2.75) is 12.8 Å². The summed E-state index contributed by atoms with van der Waals surface area (Å²) in [6.45, 7) is 0.641. The van der Waals surface area contributed by atoms with Gasteiger partial charge in [-0.1, -0.05) is 15.9 Å². The molecule has 19 heavy (non-hydrogen) atoms. The molecule has 0 aliphatic carbocycles. The van der Waals surface area contributed by atoms with E-state index in [1.165, 1.54) is 0 Å². The predicted octanol–water partition coefficient (Wildman–Crippen LogP) is 3.14. The molecule has 0 saturated carbocycles. The van der Waals surface area contributed by atoms with Gasteiger partial charge in [-0.15, -0.1) is 0 Å². The number of rotatable bonds is 5. The number of hydrogen-bond donors (Lipinski definition) is 2. The van der Waals surface area contributed by atoms with Crippen molar-refractivity contribution in [2.75, 3.05) is 6.54 Å². The molecule has 100 valence electrons. The monoisotopic (exact) mass is 433 g/mol. The van der Waals surface area contributed by atoms with Gasteiger partial charge in [-0.3, -0.25) is 4.79 Å². The Hall–Kier alpha value is -0.890. The summed E-state index contributed by atoms with van der Waals surface area (Å²) in [5.41, 5.74) is 0.702. The Bertz CT molecular complexity index is 557. The molecule has 0 fully saturated rings. The number of amides is 1. The maximum Gasteiger partial charge on any atom is 0.252 e. The van der Waals surface area contributed by atoms with Gasteiger partial charge in [-0.2, -0.15) is 0 Å². The van der Waals surface area contributed by atoms with E-state index in [1.807, 2.05) is 18.2 Å². The van der Waals surface area contributed by atoms with Crippen molar-refractivity contribution in [3.05, 3.63) is 50.0 Å². The minimum atomic E-state index is -0.0369. The zero-order chi connectivity index (χ0) is 13.7. The summed E-state index contributed by atoms with van der Waals surface area (Å²) in [6.07, 6.45) is 5.24. The molecular formula is C13H13BrIN3O. The van der Waals surface area contributed by atoms with Crippen LogP contribution < -0.4 is 5.32 Å². The van der Waals surface area contributed by atoms with Gasteiger partial charge >= 0.3 is 0 Å². The Balaban J connectivity index is 1.82. The summed E-state index contributed by atoms with van der Waals surface area (Å²) in [5, 5.41) is 2.92. The molecule has 4 nitrogen and oxygen atoms in total. The van der Waals surface area contributed by atoms with Gasteiger partial charge in [0.2, 0.25) is 0 Å². The van der Waals surface area contributed by atoms with E-state index < -0.39 is 0 Å². The first-order chi connectivity index (χ1) is 9.16. The second-order valence-corrected chi connectivity index (χ2v) is 6.10. The molecule has 0 radical (unpaired) electrons. The van der Waals surface area contributed by atoms with Crippen LogP contribution in [0.3, 0.4) is 0 Å². The molecule has 1 aromatic carbocycles. The summed E-state index contributed by atoms with van der Waals surface area (Å²) in [4.78, 5) is 19.2. The first-order valence-electron chi connectivity index (χ1n) is 5.88. The van der Waals surface area contributed by atoms with E-state index in [0.717, 1.165) is 26.7 Å². The molecule has 0 aliphatic heterocycles. The SMILES string of the molecule is O=C(NCCCc1ncc[nH]1)c1cc(Br)ccc1I. The second kappa shape index (κ2) is 7.04. The number of halogens is 2. The van der Waals surface area contributed by atoms with E-state index in [9.17, 15) is 4.79 Å². The van der Waals surface area contributed by atoms with Crippen LogP contribution in [0.1, 0.15) is 22.6 Å². The van der Waals surface area contributed by atoms with Gasteiger partial charge in [-0.05, 0) is 47.2 Å². The maximum absolute atomic E-state index is 12.0. The number of aryl methyl sites for hydroxylation is 1. The van der Waals surface area contributed by atoms with Crippen LogP contribution in [-0.4, -0.2) is 22.4 Å². The molecule has 2 aromatic rings. The van der Waals surface area contributed by atoms with Crippen molar-refractivity contribution in [3.8, 4) is 0 Å². The number of imidazole rings is 1. The third kappa shape index (κ3) is 4.31. The summed E-state index contributed by atoms with van der Waals surface area (Å²) < 4.78 is 1.86. The van der Waals surface area contributed by atoms with E-state index in [-0.39, 0.29) is 5.91 Å². The number of aromatic nitrogens is 2. The Morgan fingerprint density at radius 1 is 1.47 bits per heavy atom. The van der Waals surface area contributed by atoms with Crippen LogP contribution in [-0.2, 0) is 6.42 Å². The third-order valence-electron chi connectivity index (χ3n) is 2.60. The number of carbonyl (C=O) groups is 1. The number of aromatic amines is 1. The van der Waals surface area contributed by atoms with Crippen LogP contribution in [0, 0.1) is 3.57 Å². The van der Waals surface area contributed by atoms with Crippen molar-refractivity contribution in [1.82, 2.24) is 15.3 Å². The van der Waals surface area contributed by atoms with Gasteiger partial charge in [0.25, 0.3) is 5.91 Å². The molecule has 0 bridgehead atoms. The van der Waals surface area contributed by atoms with Gasteiger partial charge in [0.15, 0.2) is 0 Å². The van der Waals surface area contributed by atoms with Crippen LogP contribution in [0.5, 0.6) is 0 Å². The topological polar surface area (TPSA) is 57.8 Å². The predicted molar refractivity (Wildman–Crippen MR) is 86.1 cm³/mol. The maximum atomic E-state index is 12.0. The molecular weight excluding hydrogens is 421 g/mol. The first kappa shape index (κ1) is 14.5. The standard InChI is InChI=1S/C13H13BrIN3O/c14-9-3-4-11(15)10(8-9)13(19)18-5-1-2-12-16-6-7-17-12/h3-4,6-8H,1-2,5H2,(H,16,17)(H,18,19). The fourth-order valence-electron chi connectivity index (χ4n) is 1.66. The quantitative estimate of drug-likeness (QED) is 0.562. The van der Waals surface area contributed by atoms with E-state index in [1.54, 1.807) is 12.4 Å². The minimum absolute atomic E-state index is 0.0369. The van der Waals surface area contributed by atoms with E-state index in [4.69, 9.17) is 0 Å². The fraction of sp³-hybridized carbons (Fsp3) is 0.231. The Morgan fingerprint density at radius 2 is 2.32 bits per heavy atom. The third-order valence-corrected chi connectivity index (χ3v) is 4.04. The van der Waals surface area contributed by atoms with Crippen molar-refractivity contribution >= 4 is 44.4 Å². The largest absolute Gasteiger partial charge is 0.352 e. The Kier molecular flexibility index (Phi) is 5.38. The molecule has 0 spiro atoms. The molecule has 0 unspecified atom stereocenters. The van der Waals surface area contributed by atoms with Crippen LogP contribution in [0.2, 0.25) is 0 Å². The fourth-order valence-corrected chi connectivity index (χ4v) is 2.60. The van der Waals surface area contributed by atoms with Gasteiger partial charge in [-0.25, -0.2) is 4.98 Å². The average molecular weight is 434 g/mol. The van der Waals surface area contributed by atoms with Crippen molar-refractivity contribution in [2.24, 2.45) is 0 Å². The Morgan fingerprint density at radius 3 is 3.05 bits per heavy atom. The Labute approximate surface area is 133 Å². The van der Waals surface area contributed by atoms with Gasteiger partial charge in [0.1, 0.15) is 5.82 Å². The second-order valence-electron chi connectivity index (χ2n) is 4.02. The molecule has 1 amide bonds. The molecule has 1 aromatic heterocycles. The molecule has 2 N–H and O–H groups in total. The van der Waals surface area contributed by atoms with Gasteiger partial charge in [0, 0.05) is 33.4 Å². The number of nitrogens with zero attached hydrogens (tertiary/aromatic N) is 1. The molecule has 0 aliphatic rings. The highest BCUT2D eigenvalue weighted by Crippen LogP contribution is 2.18. The molecule has 0 atom stereocenters. The van der Waals surface area contributed by atoms with E-state index in [0.29, 0.717) is 12.1 Å². The van der Waals surface area contributed by atoms with Crippen LogP contribution in [0.15, 0.2) is 35.1 Å². The van der Waals surface area contributed by atoms with E-state index in [2.05, 4.69) is 53.8 Å². The lowest BCUT2D eigenvalue weighted by Gasteiger charge is -2.07. The lowest BCUT2D eigenvalue weighted by atomic mass is 10.2. The van der Waals surface area contributed by atoms with Crippen molar-refractivity contribution in [1.29, 1.82) is 0 Å². The number of carbonyl (C=O) groups excluding carboxylic acids is 1. The lowest BCUT2D eigenvalue weighted by molar-refractivity contribution is 0.0952. The van der Waals surface area contributed by atoms with Gasteiger partial charge < -0.3 is 10.3 Å². The van der Waals surface area contributed by atoms with Crippen molar-refractivity contribution in [3.63, 3.8) is 0 Å². The zero-order valence-electron chi connectivity index (χ0n) is 10.1. The van der Waals surface area contributed by atoms with Crippen LogP contribution >= 0.6 is 38.5 Å². The van der Waals surface area contributed by atoms with E-state index >= 15 is 0 Å². The highest BCUT2D eigenvalue weighted by Gasteiger charge is 2.09. The summed E-state index contributed by atoms with van der Waals surface area (Å²) >= 11 is 5.54. The molecule has 6 heteroatoms.